The van der Waals surface area contributed by atoms with Crippen molar-refractivity contribution in [3.8, 4) is 0 Å². The van der Waals surface area contributed by atoms with Crippen LogP contribution in [0, 0.1) is 0 Å². The van der Waals surface area contributed by atoms with Gasteiger partial charge in [0, 0.05) is 45.3 Å². The Balaban J connectivity index is 1.51. The summed E-state index contributed by atoms with van der Waals surface area (Å²) in [4.78, 5) is 4.98. The minimum absolute atomic E-state index is 0.292. The van der Waals surface area contributed by atoms with E-state index in [1.807, 2.05) is 0 Å². The Labute approximate surface area is 165 Å². The maximum absolute atomic E-state index is 6.18. The highest BCUT2D eigenvalue weighted by Gasteiger charge is 2.51. The van der Waals surface area contributed by atoms with Crippen LogP contribution in [0.3, 0.4) is 0 Å². The average Bonchev–Trinajstić information content (AvgIpc) is 2.83. The number of hydrogen-bond acceptors (Lipinski definition) is 5. The van der Waals surface area contributed by atoms with Crippen molar-refractivity contribution in [1.29, 1.82) is 0 Å². The van der Waals surface area contributed by atoms with Gasteiger partial charge in [0.05, 0.1) is 11.2 Å². The highest BCUT2D eigenvalue weighted by Crippen LogP contribution is 2.36. The summed E-state index contributed by atoms with van der Waals surface area (Å²) < 4.78 is 12.4. The van der Waals surface area contributed by atoms with Gasteiger partial charge in [0.1, 0.15) is 0 Å². The minimum atomic E-state index is -0.302. The number of nitrogens with zero attached hydrogens (tertiary/aromatic N) is 2. The molecule has 27 heavy (non-hydrogen) atoms. The lowest BCUT2D eigenvalue weighted by Crippen LogP contribution is -2.50. The molecule has 1 aromatic rings. The fraction of sp³-hybridized carbons (Fsp3) is 0.714. The maximum Gasteiger partial charge on any atom is 0.494 e. The Kier molecular flexibility index (Phi) is 6.33. The van der Waals surface area contributed by atoms with Crippen LogP contribution >= 0.6 is 0 Å². The fourth-order valence-corrected chi connectivity index (χ4v) is 3.65. The van der Waals surface area contributed by atoms with E-state index in [0.717, 1.165) is 31.6 Å². The summed E-state index contributed by atoms with van der Waals surface area (Å²) in [5, 5.41) is 3.62. The molecule has 1 aromatic carbocycles. The average molecular weight is 373 g/mol. The Hall–Kier alpha value is -0.915. The standard InChI is InChI=1S/C21H36BN3O2/c1-17(25-12-10-24(6)11-13-25)15-23-16-18-8-7-9-19(14-18)22-26-20(2,3)21(4,5)27-22/h7-9,14,17,23H,10-13,15-16H2,1-6H3. The second kappa shape index (κ2) is 8.22. The van der Waals surface area contributed by atoms with Gasteiger partial charge in [-0.2, -0.15) is 0 Å². The van der Waals surface area contributed by atoms with Crippen LogP contribution in [0.5, 0.6) is 0 Å². The molecule has 2 heterocycles. The van der Waals surface area contributed by atoms with Gasteiger partial charge in [-0.25, -0.2) is 0 Å². The predicted octanol–water partition coefficient (Wildman–Crippen LogP) is 1.71. The second-order valence-corrected chi connectivity index (χ2v) is 9.15. The van der Waals surface area contributed by atoms with Crippen LogP contribution in [0.4, 0.5) is 0 Å². The van der Waals surface area contributed by atoms with Crippen molar-refractivity contribution >= 4 is 12.6 Å². The molecule has 0 bridgehead atoms. The van der Waals surface area contributed by atoms with Gasteiger partial charge in [-0.1, -0.05) is 24.3 Å². The molecule has 1 unspecified atom stereocenters. The summed E-state index contributed by atoms with van der Waals surface area (Å²) >= 11 is 0. The van der Waals surface area contributed by atoms with E-state index in [4.69, 9.17) is 9.31 Å². The molecule has 2 fully saturated rings. The quantitative estimate of drug-likeness (QED) is 0.769. The Morgan fingerprint density at radius 1 is 1.07 bits per heavy atom. The third kappa shape index (κ3) is 4.93. The molecule has 0 amide bonds. The zero-order valence-electron chi connectivity index (χ0n) is 17.9. The smallest absolute Gasteiger partial charge is 0.399 e. The number of hydrogen-bond donors (Lipinski definition) is 1. The zero-order chi connectivity index (χ0) is 19.7. The van der Waals surface area contributed by atoms with E-state index < -0.39 is 0 Å². The topological polar surface area (TPSA) is 37.0 Å². The summed E-state index contributed by atoms with van der Waals surface area (Å²) in [5.74, 6) is 0. The first-order chi connectivity index (χ1) is 12.7. The molecular formula is C21H36BN3O2. The summed E-state index contributed by atoms with van der Waals surface area (Å²) in [6.07, 6.45) is 0. The first-order valence-electron chi connectivity index (χ1n) is 10.3. The number of nitrogens with one attached hydrogen (secondary N) is 1. The molecule has 3 rings (SSSR count). The molecule has 150 valence electrons. The molecule has 5 nitrogen and oxygen atoms in total. The molecule has 0 spiro atoms. The molecule has 6 heteroatoms. The van der Waals surface area contributed by atoms with Crippen LogP contribution in [0.15, 0.2) is 24.3 Å². The van der Waals surface area contributed by atoms with Crippen molar-refractivity contribution in [3.63, 3.8) is 0 Å². The SMILES string of the molecule is CC(CNCc1cccc(B2OC(C)(C)C(C)(C)O2)c1)N1CCN(C)CC1. The van der Waals surface area contributed by atoms with Crippen LogP contribution in [0.2, 0.25) is 0 Å². The van der Waals surface area contributed by atoms with E-state index >= 15 is 0 Å². The minimum Gasteiger partial charge on any atom is -0.399 e. The number of piperazine rings is 1. The molecule has 2 aliphatic rings. The molecule has 1 N–H and O–H groups in total. The van der Waals surface area contributed by atoms with E-state index in [-0.39, 0.29) is 18.3 Å². The Morgan fingerprint density at radius 3 is 2.33 bits per heavy atom. The fourth-order valence-electron chi connectivity index (χ4n) is 3.65. The van der Waals surface area contributed by atoms with Gasteiger partial charge in [0.25, 0.3) is 0 Å². The second-order valence-electron chi connectivity index (χ2n) is 9.15. The number of likely N-dealkylation sites (N-methyl/N-ethyl adjacent to an activating group) is 1. The van der Waals surface area contributed by atoms with Crippen molar-refractivity contribution in [2.75, 3.05) is 39.8 Å². The number of rotatable bonds is 6. The lowest BCUT2D eigenvalue weighted by molar-refractivity contribution is 0.00578. The highest BCUT2D eigenvalue weighted by atomic mass is 16.7. The Bertz CT molecular complexity index is 614. The molecule has 0 saturated carbocycles. The number of benzene rings is 1. The third-order valence-electron chi connectivity index (χ3n) is 6.41. The van der Waals surface area contributed by atoms with Crippen LogP contribution in [-0.2, 0) is 15.9 Å². The van der Waals surface area contributed by atoms with Gasteiger partial charge in [-0.15, -0.1) is 0 Å². The van der Waals surface area contributed by atoms with Crippen molar-refractivity contribution in [3.05, 3.63) is 29.8 Å². The van der Waals surface area contributed by atoms with E-state index in [9.17, 15) is 0 Å². The predicted molar refractivity (Wildman–Crippen MR) is 112 cm³/mol. The molecule has 0 aliphatic carbocycles. The van der Waals surface area contributed by atoms with Crippen LogP contribution in [-0.4, -0.2) is 73.9 Å². The molecular weight excluding hydrogens is 337 g/mol. The van der Waals surface area contributed by atoms with Crippen LogP contribution < -0.4 is 10.8 Å². The van der Waals surface area contributed by atoms with Crippen molar-refractivity contribution < 1.29 is 9.31 Å². The van der Waals surface area contributed by atoms with E-state index in [1.165, 1.54) is 18.7 Å². The first kappa shape index (κ1) is 20.8. The lowest BCUT2D eigenvalue weighted by Gasteiger charge is -2.36. The molecule has 1 atom stereocenters. The summed E-state index contributed by atoms with van der Waals surface area (Å²) in [5.41, 5.74) is 1.76. The summed E-state index contributed by atoms with van der Waals surface area (Å²) in [6.45, 7) is 17.2. The summed E-state index contributed by atoms with van der Waals surface area (Å²) in [7, 11) is 1.91. The largest absolute Gasteiger partial charge is 0.494 e. The van der Waals surface area contributed by atoms with Gasteiger partial charge in [-0.3, -0.25) is 4.90 Å². The van der Waals surface area contributed by atoms with Crippen molar-refractivity contribution in [1.82, 2.24) is 15.1 Å². The van der Waals surface area contributed by atoms with Crippen LogP contribution in [0.25, 0.3) is 0 Å². The van der Waals surface area contributed by atoms with Gasteiger partial charge in [-0.05, 0) is 52.7 Å². The van der Waals surface area contributed by atoms with Gasteiger partial charge < -0.3 is 19.5 Å². The molecule has 2 saturated heterocycles. The van der Waals surface area contributed by atoms with Gasteiger partial charge in [0.2, 0.25) is 0 Å². The first-order valence-corrected chi connectivity index (χ1v) is 10.3. The van der Waals surface area contributed by atoms with E-state index in [0.29, 0.717) is 6.04 Å². The van der Waals surface area contributed by atoms with Crippen molar-refractivity contribution in [2.24, 2.45) is 0 Å². The van der Waals surface area contributed by atoms with Gasteiger partial charge in [0.15, 0.2) is 0 Å². The Morgan fingerprint density at radius 2 is 1.70 bits per heavy atom. The van der Waals surface area contributed by atoms with E-state index in [1.54, 1.807) is 0 Å². The zero-order valence-corrected chi connectivity index (χ0v) is 17.9. The molecule has 0 radical (unpaired) electrons. The summed E-state index contributed by atoms with van der Waals surface area (Å²) in [6, 6.07) is 9.13. The molecule has 2 aliphatic heterocycles. The lowest BCUT2D eigenvalue weighted by atomic mass is 9.78. The highest BCUT2D eigenvalue weighted by molar-refractivity contribution is 6.62. The monoisotopic (exact) mass is 373 g/mol. The van der Waals surface area contributed by atoms with Crippen LogP contribution in [0.1, 0.15) is 40.2 Å². The third-order valence-corrected chi connectivity index (χ3v) is 6.41. The van der Waals surface area contributed by atoms with E-state index in [2.05, 4.69) is 81.0 Å². The van der Waals surface area contributed by atoms with Crippen molar-refractivity contribution in [2.45, 2.75) is 58.4 Å². The maximum atomic E-state index is 6.18. The molecule has 0 aromatic heterocycles. The normalized spacial score (nSPS) is 24.3. The van der Waals surface area contributed by atoms with Gasteiger partial charge >= 0.3 is 7.12 Å².